The Morgan fingerprint density at radius 3 is 2.33 bits per heavy atom. The molecule has 106 valence electrons. The molecule has 0 spiro atoms. The third-order valence-corrected chi connectivity index (χ3v) is 2.55. The number of amides is 1. The first kappa shape index (κ1) is 16.9. The fourth-order valence-electron chi connectivity index (χ4n) is 1.18. The Hall–Kier alpha value is -1.14. The number of carbonyl (C=O) groups is 2. The van der Waals surface area contributed by atoms with Crippen LogP contribution < -0.4 is 5.32 Å². The second-order valence-corrected chi connectivity index (χ2v) is 4.57. The zero-order valence-corrected chi connectivity index (χ0v) is 11.7. The van der Waals surface area contributed by atoms with E-state index in [1.165, 1.54) is 14.0 Å². The van der Waals surface area contributed by atoms with Gasteiger partial charge in [0.1, 0.15) is 0 Å². The van der Waals surface area contributed by atoms with Crippen molar-refractivity contribution >= 4 is 11.9 Å². The first-order valence-corrected chi connectivity index (χ1v) is 5.80. The Labute approximate surface area is 108 Å². The molecule has 0 aliphatic rings. The van der Waals surface area contributed by atoms with Crippen molar-refractivity contribution in [2.45, 2.75) is 38.8 Å². The van der Waals surface area contributed by atoms with E-state index in [-0.39, 0.29) is 18.1 Å². The minimum absolute atomic E-state index is 0.0893. The van der Waals surface area contributed by atoms with E-state index in [1.54, 1.807) is 7.11 Å². The molecule has 0 aliphatic heterocycles. The van der Waals surface area contributed by atoms with Crippen molar-refractivity contribution in [2.24, 2.45) is 0 Å². The van der Waals surface area contributed by atoms with E-state index in [9.17, 15) is 9.59 Å². The van der Waals surface area contributed by atoms with E-state index in [1.807, 2.05) is 13.8 Å². The summed E-state index contributed by atoms with van der Waals surface area (Å²) < 4.78 is 15.2. The number of hydrogen-bond donors (Lipinski definition) is 1. The second kappa shape index (κ2) is 8.05. The Kier molecular flexibility index (Phi) is 7.54. The summed E-state index contributed by atoms with van der Waals surface area (Å²) >= 11 is 0. The summed E-state index contributed by atoms with van der Waals surface area (Å²) in [6.07, 6.45) is 0.692. The first-order chi connectivity index (χ1) is 8.32. The van der Waals surface area contributed by atoms with Gasteiger partial charge in [-0.15, -0.1) is 0 Å². The summed E-state index contributed by atoms with van der Waals surface area (Å²) in [7, 11) is 2.90. The Morgan fingerprint density at radius 2 is 1.89 bits per heavy atom. The minimum Gasteiger partial charge on any atom is -0.467 e. The van der Waals surface area contributed by atoms with Gasteiger partial charge in [0, 0.05) is 20.6 Å². The van der Waals surface area contributed by atoms with Gasteiger partial charge in [0.05, 0.1) is 19.3 Å². The van der Waals surface area contributed by atoms with Crippen LogP contribution in [0.1, 0.15) is 27.2 Å². The molecule has 1 atom stereocenters. The van der Waals surface area contributed by atoms with Crippen LogP contribution in [0.15, 0.2) is 0 Å². The number of ether oxygens (including phenoxy) is 3. The van der Waals surface area contributed by atoms with Crippen LogP contribution in [-0.4, -0.2) is 51.0 Å². The third-order valence-electron chi connectivity index (χ3n) is 2.55. The number of carbonyl (C=O) groups excluding carboxylic acids is 2. The minimum atomic E-state index is -0.766. The van der Waals surface area contributed by atoms with Crippen LogP contribution in [0.4, 0.5) is 0 Å². The lowest BCUT2D eigenvalue weighted by atomic mass is 10.1. The zero-order valence-electron chi connectivity index (χ0n) is 11.7. The Bertz CT molecular complexity index is 278. The van der Waals surface area contributed by atoms with Crippen LogP contribution in [0.2, 0.25) is 0 Å². The second-order valence-electron chi connectivity index (χ2n) is 4.57. The summed E-state index contributed by atoms with van der Waals surface area (Å²) in [6.45, 7) is 5.76. The largest absolute Gasteiger partial charge is 0.467 e. The number of nitrogens with one attached hydrogen (secondary N) is 1. The van der Waals surface area contributed by atoms with Gasteiger partial charge in [-0.3, -0.25) is 4.79 Å². The van der Waals surface area contributed by atoms with E-state index in [0.29, 0.717) is 13.0 Å². The molecule has 6 heteroatoms. The first-order valence-electron chi connectivity index (χ1n) is 5.80. The van der Waals surface area contributed by atoms with Gasteiger partial charge in [-0.05, 0) is 20.3 Å². The van der Waals surface area contributed by atoms with E-state index >= 15 is 0 Å². The lowest BCUT2D eigenvalue weighted by Gasteiger charge is -2.23. The van der Waals surface area contributed by atoms with Crippen molar-refractivity contribution in [3.05, 3.63) is 0 Å². The summed E-state index contributed by atoms with van der Waals surface area (Å²) in [5, 5.41) is 2.47. The molecule has 0 aromatic rings. The summed E-state index contributed by atoms with van der Waals surface area (Å²) in [6, 6.07) is -0.766. The fourth-order valence-corrected chi connectivity index (χ4v) is 1.18. The Morgan fingerprint density at radius 1 is 1.28 bits per heavy atom. The summed E-state index contributed by atoms with van der Waals surface area (Å²) in [5.41, 5.74) is -0.269. The molecule has 18 heavy (non-hydrogen) atoms. The fraction of sp³-hybridized carbons (Fsp3) is 0.833. The van der Waals surface area contributed by atoms with Gasteiger partial charge >= 0.3 is 5.97 Å². The maximum Gasteiger partial charge on any atom is 0.330 e. The average molecular weight is 261 g/mol. The molecule has 1 unspecified atom stereocenters. The predicted octanol–water partition coefficient (Wildman–Crippen LogP) is 0.496. The van der Waals surface area contributed by atoms with Crippen LogP contribution in [-0.2, 0) is 23.8 Å². The molecular formula is C12H23NO5. The average Bonchev–Trinajstić information content (AvgIpc) is 2.31. The van der Waals surface area contributed by atoms with Crippen molar-refractivity contribution in [2.75, 3.05) is 27.4 Å². The molecule has 0 aromatic heterocycles. The monoisotopic (exact) mass is 261 g/mol. The maximum absolute atomic E-state index is 11.4. The molecule has 0 bridgehead atoms. The van der Waals surface area contributed by atoms with E-state index < -0.39 is 12.0 Å². The Balaban J connectivity index is 4.04. The molecule has 0 saturated carbocycles. The molecule has 6 nitrogen and oxygen atoms in total. The summed E-state index contributed by atoms with van der Waals surface area (Å²) in [5.74, 6) is -0.817. The maximum atomic E-state index is 11.4. The molecule has 0 rings (SSSR count). The van der Waals surface area contributed by atoms with Gasteiger partial charge in [-0.1, -0.05) is 0 Å². The van der Waals surface area contributed by atoms with Crippen molar-refractivity contribution in [3.8, 4) is 0 Å². The zero-order chi connectivity index (χ0) is 14.2. The number of esters is 1. The van der Waals surface area contributed by atoms with Crippen molar-refractivity contribution in [1.82, 2.24) is 5.32 Å². The molecule has 1 N–H and O–H groups in total. The highest BCUT2D eigenvalue weighted by Gasteiger charge is 2.21. The summed E-state index contributed by atoms with van der Waals surface area (Å²) in [4.78, 5) is 22.3. The van der Waals surface area contributed by atoms with Gasteiger partial charge in [0.15, 0.2) is 6.04 Å². The molecule has 1 amide bonds. The smallest absolute Gasteiger partial charge is 0.330 e. The number of methoxy groups -OCH3 is 2. The van der Waals surface area contributed by atoms with Crippen LogP contribution in [0.5, 0.6) is 0 Å². The van der Waals surface area contributed by atoms with Crippen LogP contribution in [0.25, 0.3) is 0 Å². The molecule has 0 heterocycles. The lowest BCUT2D eigenvalue weighted by Crippen LogP contribution is -2.44. The van der Waals surface area contributed by atoms with Gasteiger partial charge in [-0.25, -0.2) is 4.79 Å². The van der Waals surface area contributed by atoms with Crippen molar-refractivity contribution in [1.29, 1.82) is 0 Å². The van der Waals surface area contributed by atoms with E-state index in [0.717, 1.165) is 0 Å². The highest BCUT2D eigenvalue weighted by atomic mass is 16.5. The lowest BCUT2D eigenvalue weighted by molar-refractivity contribution is -0.146. The van der Waals surface area contributed by atoms with E-state index in [4.69, 9.17) is 9.47 Å². The van der Waals surface area contributed by atoms with Crippen LogP contribution in [0.3, 0.4) is 0 Å². The molecule has 0 aliphatic carbocycles. The molecule has 0 aromatic carbocycles. The normalized spacial score (nSPS) is 12.9. The standard InChI is InChI=1S/C12H23NO5/c1-9(14)13-10(11(15)16-4)8-18-7-6-12(2,3)17-5/h10H,6-8H2,1-5H3,(H,13,14). The van der Waals surface area contributed by atoms with Gasteiger partial charge in [0.2, 0.25) is 5.91 Å². The van der Waals surface area contributed by atoms with Gasteiger partial charge in [-0.2, -0.15) is 0 Å². The highest BCUT2D eigenvalue weighted by molar-refractivity contribution is 5.83. The van der Waals surface area contributed by atoms with Gasteiger partial charge < -0.3 is 19.5 Å². The van der Waals surface area contributed by atoms with Crippen LogP contribution in [0, 0.1) is 0 Å². The topological polar surface area (TPSA) is 73.9 Å². The van der Waals surface area contributed by atoms with Gasteiger partial charge in [0.25, 0.3) is 0 Å². The molecule has 0 radical (unpaired) electrons. The number of hydrogen-bond acceptors (Lipinski definition) is 5. The number of rotatable bonds is 8. The molecule has 0 saturated heterocycles. The SMILES string of the molecule is COC(=O)C(COCCC(C)(C)OC)NC(C)=O. The third kappa shape index (κ3) is 7.24. The van der Waals surface area contributed by atoms with Crippen molar-refractivity contribution in [3.63, 3.8) is 0 Å². The quantitative estimate of drug-likeness (QED) is 0.508. The van der Waals surface area contributed by atoms with E-state index in [2.05, 4.69) is 10.1 Å². The van der Waals surface area contributed by atoms with Crippen molar-refractivity contribution < 1.29 is 23.8 Å². The van der Waals surface area contributed by atoms with Crippen LogP contribution >= 0.6 is 0 Å². The molecular weight excluding hydrogens is 238 g/mol. The predicted molar refractivity (Wildman–Crippen MR) is 66.1 cm³/mol. The highest BCUT2D eigenvalue weighted by Crippen LogP contribution is 2.12. The molecule has 0 fully saturated rings.